The highest BCUT2D eigenvalue weighted by Gasteiger charge is 2.13. The summed E-state index contributed by atoms with van der Waals surface area (Å²) in [5.74, 6) is 1.08. The van der Waals surface area contributed by atoms with E-state index in [4.69, 9.17) is 32.7 Å². The van der Waals surface area contributed by atoms with E-state index in [2.05, 4.69) is 26.5 Å². The summed E-state index contributed by atoms with van der Waals surface area (Å²) in [4.78, 5) is 10.4. The van der Waals surface area contributed by atoms with Gasteiger partial charge in [-0.15, -0.1) is 0 Å². The Morgan fingerprint density at radius 3 is 2.45 bits per heavy atom. The summed E-state index contributed by atoms with van der Waals surface area (Å²) in [6, 6.07) is 15.2. The summed E-state index contributed by atoms with van der Waals surface area (Å²) in [5, 5.41) is 16.2. The molecule has 1 N–H and O–H groups in total. The third-order valence-corrected chi connectivity index (χ3v) is 5.78. The molecule has 0 saturated heterocycles. The number of ether oxygens (including phenoxy) is 2. The third kappa shape index (κ3) is 6.83. The van der Waals surface area contributed by atoms with Gasteiger partial charge in [0.2, 0.25) is 0 Å². The Kier molecular flexibility index (Phi) is 8.94. The maximum absolute atomic E-state index is 10.8. The summed E-state index contributed by atoms with van der Waals surface area (Å²) >= 11 is 15.9. The lowest BCUT2D eigenvalue weighted by atomic mass is 10.2. The van der Waals surface area contributed by atoms with Crippen molar-refractivity contribution in [2.45, 2.75) is 20.1 Å². The summed E-state index contributed by atoms with van der Waals surface area (Å²) in [5.41, 5.74) is 5.32. The Hall–Kier alpha value is -2.81. The quantitative estimate of drug-likeness (QED) is 0.170. The molecule has 0 radical (unpaired) electrons. The molecule has 0 aliphatic carbocycles. The molecule has 172 valence electrons. The maximum Gasteiger partial charge on any atom is 0.269 e. The molecular weight excluding hydrogens is 533 g/mol. The van der Waals surface area contributed by atoms with Gasteiger partial charge in [0, 0.05) is 27.7 Å². The van der Waals surface area contributed by atoms with Crippen molar-refractivity contribution in [3.8, 4) is 11.5 Å². The molecule has 33 heavy (non-hydrogen) atoms. The van der Waals surface area contributed by atoms with Gasteiger partial charge in [0.25, 0.3) is 5.69 Å². The number of rotatable bonds is 10. The van der Waals surface area contributed by atoms with Crippen LogP contribution in [0.4, 0.5) is 5.69 Å². The largest absolute Gasteiger partial charge is 0.490 e. The van der Waals surface area contributed by atoms with Crippen LogP contribution in [0.3, 0.4) is 0 Å². The number of hydrogen-bond acceptors (Lipinski definition) is 6. The first-order chi connectivity index (χ1) is 15.9. The minimum atomic E-state index is -0.438. The summed E-state index contributed by atoms with van der Waals surface area (Å²) in [6.45, 7) is 2.93. The van der Waals surface area contributed by atoms with Crippen molar-refractivity contribution in [3.63, 3.8) is 0 Å². The van der Waals surface area contributed by atoms with Crippen LogP contribution in [0.2, 0.25) is 10.0 Å². The lowest BCUT2D eigenvalue weighted by Gasteiger charge is -2.14. The highest BCUT2D eigenvalue weighted by atomic mass is 79.9. The molecule has 0 atom stereocenters. The van der Waals surface area contributed by atoms with Crippen LogP contribution in [0.15, 0.2) is 64.2 Å². The van der Waals surface area contributed by atoms with Gasteiger partial charge in [-0.25, -0.2) is 0 Å². The van der Waals surface area contributed by atoms with E-state index in [0.717, 1.165) is 16.7 Å². The molecule has 7 nitrogen and oxygen atoms in total. The van der Waals surface area contributed by atoms with E-state index in [1.54, 1.807) is 36.5 Å². The van der Waals surface area contributed by atoms with E-state index in [-0.39, 0.29) is 12.3 Å². The van der Waals surface area contributed by atoms with E-state index >= 15 is 0 Å². The van der Waals surface area contributed by atoms with Crippen LogP contribution in [0.5, 0.6) is 11.5 Å². The van der Waals surface area contributed by atoms with Crippen molar-refractivity contribution in [1.29, 1.82) is 0 Å². The van der Waals surface area contributed by atoms with Crippen LogP contribution in [0, 0.1) is 10.1 Å². The van der Waals surface area contributed by atoms with Crippen molar-refractivity contribution >= 4 is 51.0 Å². The van der Waals surface area contributed by atoms with Gasteiger partial charge in [0.05, 0.1) is 28.8 Å². The Labute approximate surface area is 209 Å². The maximum atomic E-state index is 10.8. The summed E-state index contributed by atoms with van der Waals surface area (Å²) in [7, 11) is 0. The number of nitrogens with zero attached hydrogens (tertiary/aromatic N) is 2. The molecule has 0 spiro atoms. The highest BCUT2D eigenvalue weighted by molar-refractivity contribution is 9.10. The summed E-state index contributed by atoms with van der Waals surface area (Å²) in [6.07, 6.45) is 1.65. The number of hydrazone groups is 1. The number of non-ortho nitro benzene ring substituents is 1. The number of nitro benzene ring substituents is 1. The fourth-order valence-electron chi connectivity index (χ4n) is 2.88. The number of benzene rings is 3. The molecule has 0 bridgehead atoms. The number of nitro groups is 1. The minimum absolute atomic E-state index is 0.0315. The molecule has 3 aromatic carbocycles. The zero-order valence-electron chi connectivity index (χ0n) is 17.6. The molecule has 0 aromatic heterocycles. The van der Waals surface area contributed by atoms with Crippen LogP contribution in [-0.4, -0.2) is 17.7 Å². The first-order valence-electron chi connectivity index (χ1n) is 9.90. The average molecular weight is 553 g/mol. The Balaban J connectivity index is 1.69. The molecule has 0 heterocycles. The number of halogens is 3. The van der Waals surface area contributed by atoms with E-state index in [1.165, 1.54) is 12.1 Å². The second kappa shape index (κ2) is 11.9. The molecule has 0 fully saturated rings. The van der Waals surface area contributed by atoms with Crippen LogP contribution >= 0.6 is 39.1 Å². The predicted molar refractivity (Wildman–Crippen MR) is 134 cm³/mol. The molecule has 0 aliphatic heterocycles. The van der Waals surface area contributed by atoms with E-state index in [0.29, 0.717) is 39.2 Å². The smallest absolute Gasteiger partial charge is 0.269 e. The molecule has 3 rings (SSSR count). The first kappa shape index (κ1) is 24.8. The monoisotopic (exact) mass is 551 g/mol. The zero-order valence-corrected chi connectivity index (χ0v) is 20.7. The lowest BCUT2D eigenvalue weighted by Crippen LogP contribution is -2.07. The molecule has 0 saturated carbocycles. The molecule has 0 aliphatic rings. The highest BCUT2D eigenvalue weighted by Crippen LogP contribution is 2.37. The minimum Gasteiger partial charge on any atom is -0.490 e. The van der Waals surface area contributed by atoms with E-state index < -0.39 is 4.92 Å². The molecule has 0 unspecified atom stereocenters. The molecule has 3 aromatic rings. The van der Waals surface area contributed by atoms with Gasteiger partial charge in [-0.1, -0.05) is 29.3 Å². The fraction of sp³-hybridized carbons (Fsp3) is 0.174. The normalized spacial score (nSPS) is 10.9. The van der Waals surface area contributed by atoms with Crippen molar-refractivity contribution in [2.75, 3.05) is 6.61 Å². The van der Waals surface area contributed by atoms with Crippen LogP contribution in [0.25, 0.3) is 0 Å². The van der Waals surface area contributed by atoms with E-state index in [1.807, 2.05) is 19.1 Å². The average Bonchev–Trinajstić information content (AvgIpc) is 2.78. The van der Waals surface area contributed by atoms with Gasteiger partial charge in [-0.2, -0.15) is 5.10 Å². The van der Waals surface area contributed by atoms with Crippen LogP contribution in [-0.2, 0) is 13.2 Å². The van der Waals surface area contributed by atoms with Gasteiger partial charge in [0.1, 0.15) is 6.61 Å². The fourth-order valence-corrected chi connectivity index (χ4v) is 3.99. The van der Waals surface area contributed by atoms with Crippen molar-refractivity contribution in [3.05, 3.63) is 95.9 Å². The third-order valence-electron chi connectivity index (χ3n) is 4.48. The van der Waals surface area contributed by atoms with E-state index in [9.17, 15) is 10.1 Å². The second-order valence-electron chi connectivity index (χ2n) is 6.77. The Morgan fingerprint density at radius 2 is 1.82 bits per heavy atom. The Morgan fingerprint density at radius 1 is 1.12 bits per heavy atom. The van der Waals surface area contributed by atoms with Crippen LogP contribution < -0.4 is 14.9 Å². The SMILES string of the molecule is CCOc1cc(/C=N\NCc2c(Cl)cccc2Cl)cc(Br)c1OCc1ccc([N+](=O)[O-])cc1. The van der Waals surface area contributed by atoms with Gasteiger partial charge < -0.3 is 14.9 Å². The molecular formula is C23H20BrCl2N3O4. The van der Waals surface area contributed by atoms with Crippen molar-refractivity contribution in [2.24, 2.45) is 5.10 Å². The topological polar surface area (TPSA) is 86.0 Å². The zero-order chi connectivity index (χ0) is 23.8. The van der Waals surface area contributed by atoms with Gasteiger partial charge >= 0.3 is 0 Å². The van der Waals surface area contributed by atoms with Gasteiger partial charge in [-0.3, -0.25) is 10.1 Å². The lowest BCUT2D eigenvalue weighted by molar-refractivity contribution is -0.384. The van der Waals surface area contributed by atoms with Gasteiger partial charge in [-0.05, 0) is 70.4 Å². The first-order valence-corrected chi connectivity index (χ1v) is 11.4. The molecule has 10 heteroatoms. The van der Waals surface area contributed by atoms with Crippen molar-refractivity contribution < 1.29 is 14.4 Å². The second-order valence-corrected chi connectivity index (χ2v) is 8.44. The van der Waals surface area contributed by atoms with Crippen molar-refractivity contribution in [1.82, 2.24) is 5.43 Å². The Bertz CT molecular complexity index is 1140. The van der Waals surface area contributed by atoms with Crippen LogP contribution in [0.1, 0.15) is 23.6 Å². The number of hydrogen-bond donors (Lipinski definition) is 1. The predicted octanol–water partition coefficient (Wildman–Crippen LogP) is 6.77. The molecule has 0 amide bonds. The number of nitrogens with one attached hydrogen (secondary N) is 1. The standard InChI is InChI=1S/C23H20BrCl2N3O4/c1-2-32-22-11-16(12-27-28-13-18-20(25)4-3-5-21(18)26)10-19(24)23(22)33-14-15-6-8-17(9-7-15)29(30)31/h3-12,28H,2,13-14H2,1H3/b27-12-. The van der Waals surface area contributed by atoms with Gasteiger partial charge in [0.15, 0.2) is 11.5 Å². The summed E-state index contributed by atoms with van der Waals surface area (Å²) < 4.78 is 12.4.